The van der Waals surface area contributed by atoms with Gasteiger partial charge >= 0.3 is 6.03 Å². The Hall–Kier alpha value is -2.97. The van der Waals surface area contributed by atoms with Crippen molar-refractivity contribution in [2.24, 2.45) is 7.05 Å². The van der Waals surface area contributed by atoms with E-state index in [-0.39, 0.29) is 11.7 Å². The fourth-order valence-electron chi connectivity index (χ4n) is 2.65. The second-order valence-corrected chi connectivity index (χ2v) is 5.56. The molecule has 9 heteroatoms. The lowest BCUT2D eigenvalue weighted by Crippen LogP contribution is -2.43. The highest BCUT2D eigenvalue weighted by atomic mass is 19.1. The fourth-order valence-corrected chi connectivity index (χ4v) is 2.65. The van der Waals surface area contributed by atoms with E-state index in [1.165, 1.54) is 12.1 Å². The Kier molecular flexibility index (Phi) is 4.15. The van der Waals surface area contributed by atoms with Crippen LogP contribution in [0.25, 0.3) is 0 Å². The molecule has 1 fully saturated rings. The average Bonchev–Trinajstić information content (AvgIpc) is 3.04. The summed E-state index contributed by atoms with van der Waals surface area (Å²) in [6.07, 6.45) is 1.50. The van der Waals surface area contributed by atoms with Crippen molar-refractivity contribution in [2.45, 2.75) is 19.4 Å². The van der Waals surface area contributed by atoms with E-state index in [1.807, 2.05) is 13.0 Å². The second kappa shape index (κ2) is 6.26. The zero-order valence-corrected chi connectivity index (χ0v) is 13.3. The average molecular weight is 332 g/mol. The van der Waals surface area contributed by atoms with Gasteiger partial charge in [0.1, 0.15) is 23.5 Å². The number of hydrogen-bond acceptors (Lipinski definition) is 4. The van der Waals surface area contributed by atoms with Crippen molar-refractivity contribution in [3.63, 3.8) is 0 Å². The van der Waals surface area contributed by atoms with Crippen LogP contribution in [0.4, 0.5) is 20.8 Å². The van der Waals surface area contributed by atoms with Crippen molar-refractivity contribution in [2.75, 3.05) is 16.8 Å². The Morgan fingerprint density at radius 2 is 2.21 bits per heavy atom. The van der Waals surface area contributed by atoms with Crippen molar-refractivity contribution in [3.8, 4) is 0 Å². The van der Waals surface area contributed by atoms with Gasteiger partial charge in [0.2, 0.25) is 0 Å². The van der Waals surface area contributed by atoms with Gasteiger partial charge < -0.3 is 5.32 Å². The minimum absolute atomic E-state index is 0.194. The Morgan fingerprint density at radius 3 is 2.83 bits per heavy atom. The van der Waals surface area contributed by atoms with E-state index in [2.05, 4.69) is 20.7 Å². The first-order chi connectivity index (χ1) is 11.4. The molecule has 1 aliphatic rings. The van der Waals surface area contributed by atoms with Crippen LogP contribution in [0, 0.1) is 12.7 Å². The number of halogens is 1. The molecule has 0 unspecified atom stereocenters. The lowest BCUT2D eigenvalue weighted by Gasteiger charge is -2.17. The molecule has 0 spiro atoms. The first-order valence-corrected chi connectivity index (χ1v) is 7.45. The predicted molar refractivity (Wildman–Crippen MR) is 85.1 cm³/mol. The number of nitrogens with one attached hydrogen (secondary N) is 2. The van der Waals surface area contributed by atoms with E-state index >= 15 is 0 Å². The number of carbonyl (C=O) groups excluding carboxylic acids is 2. The molecule has 3 rings (SSSR count). The third-order valence-corrected chi connectivity index (χ3v) is 3.73. The molecule has 2 N–H and O–H groups in total. The molecule has 0 bridgehead atoms. The normalized spacial score (nSPS) is 17.2. The molecule has 3 amide bonds. The first-order valence-electron chi connectivity index (χ1n) is 7.45. The maximum absolute atomic E-state index is 12.8. The number of pyridine rings is 1. The maximum atomic E-state index is 12.8. The van der Waals surface area contributed by atoms with Gasteiger partial charge in [-0.15, -0.1) is 0 Å². The highest BCUT2D eigenvalue weighted by molar-refractivity contribution is 6.02. The van der Waals surface area contributed by atoms with Crippen LogP contribution in [-0.2, 0) is 11.8 Å². The highest BCUT2D eigenvalue weighted by Crippen LogP contribution is 2.22. The summed E-state index contributed by atoms with van der Waals surface area (Å²) in [5.41, 5.74) is 0.817. The molecule has 1 atom stereocenters. The monoisotopic (exact) mass is 332 g/mol. The van der Waals surface area contributed by atoms with Crippen LogP contribution in [0.3, 0.4) is 0 Å². The largest absolute Gasteiger partial charge is 0.326 e. The van der Waals surface area contributed by atoms with Gasteiger partial charge in [0.05, 0.1) is 11.9 Å². The predicted octanol–water partition coefficient (Wildman–Crippen LogP) is 1.19. The Morgan fingerprint density at radius 1 is 1.42 bits per heavy atom. The first kappa shape index (κ1) is 15.9. The highest BCUT2D eigenvalue weighted by Gasteiger charge is 2.35. The van der Waals surface area contributed by atoms with E-state index in [4.69, 9.17) is 0 Å². The van der Waals surface area contributed by atoms with Crippen LogP contribution in [0.1, 0.15) is 12.1 Å². The molecule has 0 aliphatic carbocycles. The Labute approximate surface area is 137 Å². The third-order valence-electron chi connectivity index (χ3n) is 3.73. The summed E-state index contributed by atoms with van der Waals surface area (Å²) in [5, 5.41) is 9.31. The van der Waals surface area contributed by atoms with Crippen LogP contribution in [0.15, 0.2) is 24.4 Å². The topological polar surface area (TPSA) is 92.2 Å². The fraction of sp³-hybridized carbons (Fsp3) is 0.333. The van der Waals surface area contributed by atoms with Crippen molar-refractivity contribution in [3.05, 3.63) is 35.9 Å². The minimum atomic E-state index is -0.624. The van der Waals surface area contributed by atoms with E-state index in [0.717, 1.165) is 11.9 Å². The molecular weight excluding hydrogens is 315 g/mol. The van der Waals surface area contributed by atoms with Crippen LogP contribution in [0.2, 0.25) is 0 Å². The SMILES string of the molecule is Cc1cc(N2CC[C@H](NC(=O)Nc3ccc(F)cn3)C2=O)n(C)n1. The lowest BCUT2D eigenvalue weighted by atomic mass is 10.2. The maximum Gasteiger partial charge on any atom is 0.321 e. The van der Waals surface area contributed by atoms with Gasteiger partial charge in [0, 0.05) is 19.7 Å². The molecule has 126 valence electrons. The molecule has 24 heavy (non-hydrogen) atoms. The molecule has 1 saturated heterocycles. The van der Waals surface area contributed by atoms with E-state index in [0.29, 0.717) is 18.8 Å². The Bertz CT molecular complexity index is 773. The molecule has 0 saturated carbocycles. The van der Waals surface area contributed by atoms with Gasteiger partial charge in [0.15, 0.2) is 0 Å². The van der Waals surface area contributed by atoms with Crippen LogP contribution in [-0.4, -0.2) is 39.3 Å². The standard InChI is InChI=1S/C15H17FN6O2/c1-9-7-13(21(2)20-9)22-6-5-11(14(22)23)18-15(24)19-12-4-3-10(16)8-17-12/h3-4,7-8,11H,5-6H2,1-2H3,(H2,17,18,19,24)/t11-/m0/s1. The quantitative estimate of drug-likeness (QED) is 0.883. The number of anilines is 2. The summed E-state index contributed by atoms with van der Waals surface area (Å²) in [7, 11) is 1.77. The number of hydrogen-bond donors (Lipinski definition) is 2. The van der Waals surface area contributed by atoms with Gasteiger partial charge in [-0.25, -0.2) is 14.2 Å². The number of aryl methyl sites for hydroxylation is 2. The van der Waals surface area contributed by atoms with Crippen LogP contribution < -0.4 is 15.5 Å². The van der Waals surface area contributed by atoms with Gasteiger partial charge in [-0.3, -0.25) is 19.7 Å². The zero-order chi connectivity index (χ0) is 17.3. The van der Waals surface area contributed by atoms with Crippen molar-refractivity contribution in [1.29, 1.82) is 0 Å². The number of carbonyl (C=O) groups is 2. The van der Waals surface area contributed by atoms with Gasteiger partial charge in [-0.05, 0) is 25.5 Å². The van der Waals surface area contributed by atoms with Gasteiger partial charge in [-0.1, -0.05) is 0 Å². The zero-order valence-electron chi connectivity index (χ0n) is 13.3. The molecule has 0 aromatic carbocycles. The number of urea groups is 1. The summed E-state index contributed by atoms with van der Waals surface area (Å²) < 4.78 is 14.4. The third kappa shape index (κ3) is 3.19. The second-order valence-electron chi connectivity index (χ2n) is 5.56. The molecule has 8 nitrogen and oxygen atoms in total. The number of rotatable bonds is 3. The van der Waals surface area contributed by atoms with Gasteiger partial charge in [0.25, 0.3) is 5.91 Å². The summed E-state index contributed by atoms with van der Waals surface area (Å²) in [5.74, 6) is 0.218. The molecule has 2 aromatic rings. The summed E-state index contributed by atoms with van der Waals surface area (Å²) in [6.45, 7) is 2.35. The lowest BCUT2D eigenvalue weighted by molar-refractivity contribution is -0.118. The molecule has 3 heterocycles. The van der Waals surface area contributed by atoms with E-state index in [9.17, 15) is 14.0 Å². The smallest absolute Gasteiger partial charge is 0.321 e. The van der Waals surface area contributed by atoms with E-state index < -0.39 is 17.9 Å². The van der Waals surface area contributed by atoms with Crippen molar-refractivity contribution < 1.29 is 14.0 Å². The van der Waals surface area contributed by atoms with Crippen molar-refractivity contribution >= 4 is 23.6 Å². The van der Waals surface area contributed by atoms with Crippen molar-refractivity contribution in [1.82, 2.24) is 20.1 Å². The van der Waals surface area contributed by atoms with Gasteiger partial charge in [-0.2, -0.15) is 5.10 Å². The molecule has 2 aromatic heterocycles. The summed E-state index contributed by atoms with van der Waals surface area (Å²) in [6, 6.07) is 3.17. The van der Waals surface area contributed by atoms with E-state index in [1.54, 1.807) is 16.6 Å². The number of aromatic nitrogens is 3. The Balaban J connectivity index is 1.62. The number of amides is 3. The van der Waals surface area contributed by atoms with Crippen LogP contribution in [0.5, 0.6) is 0 Å². The molecule has 1 aliphatic heterocycles. The van der Waals surface area contributed by atoms with Crippen LogP contribution >= 0.6 is 0 Å². The molecule has 0 radical (unpaired) electrons. The summed E-state index contributed by atoms with van der Waals surface area (Å²) >= 11 is 0. The minimum Gasteiger partial charge on any atom is -0.326 e. The summed E-state index contributed by atoms with van der Waals surface area (Å²) in [4.78, 5) is 29.8. The molecular formula is C15H17FN6O2. The number of nitrogens with zero attached hydrogens (tertiary/aromatic N) is 4.